The maximum atomic E-state index is 5.98. The second-order valence-electron chi connectivity index (χ2n) is 2.67. The van der Waals surface area contributed by atoms with E-state index in [-0.39, 0.29) is 5.38 Å². The van der Waals surface area contributed by atoms with Gasteiger partial charge in [-0.1, -0.05) is 6.92 Å². The summed E-state index contributed by atoms with van der Waals surface area (Å²) in [6.45, 7) is 5.95. The Morgan fingerprint density at radius 1 is 1.60 bits per heavy atom. The highest BCUT2D eigenvalue weighted by atomic mass is 35.5. The van der Waals surface area contributed by atoms with E-state index in [1.807, 2.05) is 0 Å². The molecule has 0 bridgehead atoms. The quantitative estimate of drug-likeness (QED) is 0.598. The zero-order valence-corrected chi connectivity index (χ0v) is 7.06. The monoisotopic (exact) mass is 161 g/mol. The molecule has 1 rings (SSSR count). The Morgan fingerprint density at radius 3 is 2.90 bits per heavy atom. The molecule has 1 N–H and O–H groups in total. The van der Waals surface area contributed by atoms with Crippen LogP contribution in [0, 0.1) is 5.92 Å². The van der Waals surface area contributed by atoms with Crippen LogP contribution >= 0.6 is 11.6 Å². The van der Waals surface area contributed by atoms with Gasteiger partial charge in [0, 0.05) is 25.6 Å². The zero-order chi connectivity index (χ0) is 7.40. The third-order valence-corrected chi connectivity index (χ3v) is 2.33. The van der Waals surface area contributed by atoms with E-state index in [0.717, 1.165) is 26.2 Å². The van der Waals surface area contributed by atoms with Gasteiger partial charge in [0.1, 0.15) is 0 Å². The van der Waals surface area contributed by atoms with E-state index in [0.29, 0.717) is 5.92 Å². The van der Waals surface area contributed by atoms with Crippen molar-refractivity contribution < 1.29 is 0 Å². The third kappa shape index (κ3) is 2.11. The van der Waals surface area contributed by atoms with E-state index in [1.165, 1.54) is 0 Å². The van der Waals surface area contributed by atoms with Crippen molar-refractivity contribution in [3.05, 3.63) is 0 Å². The molecular formula is C7H14ClN2. The van der Waals surface area contributed by atoms with Crippen molar-refractivity contribution in [2.75, 3.05) is 26.2 Å². The summed E-state index contributed by atoms with van der Waals surface area (Å²) in [6, 6.07) is 0. The number of alkyl halides is 1. The van der Waals surface area contributed by atoms with Crippen LogP contribution in [0.3, 0.4) is 0 Å². The fraction of sp³-hybridized carbons (Fsp3) is 1.00. The van der Waals surface area contributed by atoms with Gasteiger partial charge in [0.05, 0.1) is 5.38 Å². The predicted molar refractivity (Wildman–Crippen MR) is 43.5 cm³/mol. The first-order chi connectivity index (χ1) is 4.84. The Hall–Kier alpha value is 0.210. The molecule has 1 aliphatic rings. The maximum Gasteiger partial charge on any atom is 0.0530 e. The molecule has 0 aromatic carbocycles. The summed E-state index contributed by atoms with van der Waals surface area (Å²) >= 11 is 5.98. The summed E-state index contributed by atoms with van der Waals surface area (Å²) in [4.78, 5) is 0. The Morgan fingerprint density at radius 2 is 2.40 bits per heavy atom. The van der Waals surface area contributed by atoms with Gasteiger partial charge in [-0.2, -0.15) is 0 Å². The molecule has 1 radical (unpaired) electrons. The first-order valence-electron chi connectivity index (χ1n) is 3.82. The van der Waals surface area contributed by atoms with Crippen LogP contribution in [0.4, 0.5) is 0 Å². The van der Waals surface area contributed by atoms with Crippen molar-refractivity contribution >= 4 is 11.6 Å². The van der Waals surface area contributed by atoms with E-state index in [2.05, 4.69) is 17.6 Å². The molecular weight excluding hydrogens is 148 g/mol. The second kappa shape index (κ2) is 4.16. The molecule has 1 aliphatic heterocycles. The normalized spacial score (nSPS) is 33.0. The minimum atomic E-state index is 0.277. The van der Waals surface area contributed by atoms with E-state index in [4.69, 9.17) is 11.6 Å². The molecule has 0 saturated carbocycles. The third-order valence-electron chi connectivity index (χ3n) is 1.84. The van der Waals surface area contributed by atoms with Crippen LogP contribution in [0.15, 0.2) is 0 Å². The molecule has 10 heavy (non-hydrogen) atoms. The van der Waals surface area contributed by atoms with Gasteiger partial charge in [0.25, 0.3) is 0 Å². The lowest BCUT2D eigenvalue weighted by molar-refractivity contribution is 0.527. The van der Waals surface area contributed by atoms with Crippen LogP contribution in [-0.2, 0) is 0 Å². The van der Waals surface area contributed by atoms with Gasteiger partial charge in [0.2, 0.25) is 0 Å². The van der Waals surface area contributed by atoms with Gasteiger partial charge >= 0.3 is 0 Å². The molecule has 0 amide bonds. The van der Waals surface area contributed by atoms with Crippen LogP contribution in [0.5, 0.6) is 0 Å². The summed E-state index contributed by atoms with van der Waals surface area (Å²) in [5.74, 6) is 0.571. The van der Waals surface area contributed by atoms with E-state index in [9.17, 15) is 0 Å². The minimum Gasteiger partial charge on any atom is -0.317 e. The van der Waals surface area contributed by atoms with Crippen LogP contribution in [-0.4, -0.2) is 31.6 Å². The molecule has 1 fully saturated rings. The molecule has 3 heteroatoms. The van der Waals surface area contributed by atoms with Gasteiger partial charge in [-0.3, -0.25) is 0 Å². The second-order valence-corrected chi connectivity index (χ2v) is 3.23. The van der Waals surface area contributed by atoms with Crippen molar-refractivity contribution in [1.82, 2.24) is 10.6 Å². The van der Waals surface area contributed by atoms with Crippen LogP contribution < -0.4 is 10.6 Å². The van der Waals surface area contributed by atoms with Crippen LogP contribution in [0.1, 0.15) is 6.92 Å². The molecule has 2 nitrogen and oxygen atoms in total. The Labute approximate surface area is 67.3 Å². The van der Waals surface area contributed by atoms with Crippen molar-refractivity contribution in [1.29, 1.82) is 0 Å². The molecule has 0 aliphatic carbocycles. The highest BCUT2D eigenvalue weighted by molar-refractivity contribution is 6.21. The van der Waals surface area contributed by atoms with Crippen molar-refractivity contribution in [2.45, 2.75) is 12.3 Å². The van der Waals surface area contributed by atoms with Gasteiger partial charge < -0.3 is 5.32 Å². The Kier molecular flexibility index (Phi) is 3.46. The molecule has 0 aromatic rings. The maximum absolute atomic E-state index is 5.98. The van der Waals surface area contributed by atoms with Gasteiger partial charge in [-0.25, -0.2) is 5.32 Å². The summed E-state index contributed by atoms with van der Waals surface area (Å²) in [7, 11) is 0. The van der Waals surface area contributed by atoms with Gasteiger partial charge in [-0.15, -0.1) is 11.6 Å². The SMILES string of the molecule is CCNCC1C[N]CC1Cl. The number of hydrogen-bond donors (Lipinski definition) is 1. The lowest BCUT2D eigenvalue weighted by Crippen LogP contribution is -2.27. The molecule has 0 spiro atoms. The molecule has 2 unspecified atom stereocenters. The summed E-state index contributed by atoms with van der Waals surface area (Å²) < 4.78 is 0. The van der Waals surface area contributed by atoms with Gasteiger partial charge in [-0.05, 0) is 6.54 Å². The number of nitrogens with one attached hydrogen (secondary N) is 1. The fourth-order valence-electron chi connectivity index (χ4n) is 1.15. The summed E-state index contributed by atoms with van der Waals surface area (Å²) in [6.07, 6.45) is 0. The average Bonchev–Trinajstić information content (AvgIpc) is 2.31. The highest BCUT2D eigenvalue weighted by Gasteiger charge is 2.24. The first kappa shape index (κ1) is 8.31. The van der Waals surface area contributed by atoms with Crippen molar-refractivity contribution in [2.24, 2.45) is 5.92 Å². The largest absolute Gasteiger partial charge is 0.317 e. The van der Waals surface area contributed by atoms with E-state index in [1.54, 1.807) is 0 Å². The number of rotatable bonds is 3. The molecule has 59 valence electrons. The van der Waals surface area contributed by atoms with Crippen molar-refractivity contribution in [3.8, 4) is 0 Å². The molecule has 0 aromatic heterocycles. The van der Waals surface area contributed by atoms with E-state index < -0.39 is 0 Å². The summed E-state index contributed by atoms with van der Waals surface area (Å²) in [5, 5.41) is 7.78. The van der Waals surface area contributed by atoms with Gasteiger partial charge in [0.15, 0.2) is 0 Å². The summed E-state index contributed by atoms with van der Waals surface area (Å²) in [5.41, 5.74) is 0. The lowest BCUT2D eigenvalue weighted by Gasteiger charge is -2.11. The number of halogens is 1. The fourth-order valence-corrected chi connectivity index (χ4v) is 1.42. The lowest BCUT2D eigenvalue weighted by atomic mass is 10.1. The van der Waals surface area contributed by atoms with E-state index >= 15 is 0 Å². The smallest absolute Gasteiger partial charge is 0.0530 e. The van der Waals surface area contributed by atoms with Crippen LogP contribution in [0.25, 0.3) is 0 Å². The Bertz CT molecular complexity index is 97.6. The van der Waals surface area contributed by atoms with Crippen molar-refractivity contribution in [3.63, 3.8) is 0 Å². The molecule has 1 saturated heterocycles. The first-order valence-corrected chi connectivity index (χ1v) is 4.26. The Balaban J connectivity index is 2.14. The number of hydrogen-bond acceptors (Lipinski definition) is 1. The molecule has 1 heterocycles. The average molecular weight is 162 g/mol. The standard InChI is InChI=1S/C7H14ClN2/c1-2-9-3-6-4-10-5-7(6)8/h6-7,9H,2-5H2,1H3. The topological polar surface area (TPSA) is 26.1 Å². The highest BCUT2D eigenvalue weighted by Crippen LogP contribution is 2.14. The minimum absolute atomic E-state index is 0.277. The predicted octanol–water partition coefficient (Wildman–Crippen LogP) is 0.438. The molecule has 2 atom stereocenters. The number of nitrogens with zero attached hydrogens (tertiary/aromatic N) is 1. The van der Waals surface area contributed by atoms with Crippen LogP contribution in [0.2, 0.25) is 0 Å². The zero-order valence-electron chi connectivity index (χ0n) is 6.31.